The monoisotopic (exact) mass is 469 g/mol. The number of benzene rings is 1. The minimum atomic E-state index is -1.33. The standard InChI is InChI=1S/C26H28FNO6/c1-4-32-17-9-8-16-14-28-24-23(34-6-3)22(30)21(25(31)26(16,24)13-17)18-10-7-15(11-19(18)27)12-20(29)33-5-2/h7-11,13-14,21,25,28,31H,4-6,12H2,1-3H3. The highest BCUT2D eigenvalue weighted by atomic mass is 19.1. The predicted octanol–water partition coefficient (Wildman–Crippen LogP) is 3.17. The SMILES string of the molecule is CCOC(=O)Cc1ccc(C2C(=O)C(OCC)=C3NC=C4C=CC(OCC)=CC43C2O)c(F)c1. The topological polar surface area (TPSA) is 94.1 Å². The van der Waals surface area contributed by atoms with Crippen molar-refractivity contribution in [3.8, 4) is 0 Å². The molecule has 1 aromatic carbocycles. The first kappa shape index (κ1) is 23.8. The Bertz CT molecular complexity index is 1130. The van der Waals surface area contributed by atoms with E-state index in [9.17, 15) is 14.7 Å². The molecule has 0 aromatic heterocycles. The number of allylic oxidation sites excluding steroid dienone is 3. The molecule has 3 unspecified atom stereocenters. The third-order valence-electron chi connectivity index (χ3n) is 6.23. The Kier molecular flexibility index (Phi) is 6.61. The van der Waals surface area contributed by atoms with E-state index in [0.29, 0.717) is 29.2 Å². The van der Waals surface area contributed by atoms with Gasteiger partial charge in [-0.05, 0) is 50.1 Å². The average molecular weight is 470 g/mol. The number of esters is 1. The Morgan fingerprint density at radius 1 is 1.15 bits per heavy atom. The number of rotatable bonds is 8. The largest absolute Gasteiger partial charge is 0.494 e. The molecule has 1 aliphatic heterocycles. The van der Waals surface area contributed by atoms with Crippen LogP contribution in [0, 0.1) is 11.2 Å². The highest BCUT2D eigenvalue weighted by Gasteiger charge is 2.58. The molecule has 1 aromatic rings. The van der Waals surface area contributed by atoms with E-state index in [0.717, 1.165) is 0 Å². The second-order valence-electron chi connectivity index (χ2n) is 8.19. The molecule has 0 amide bonds. The van der Waals surface area contributed by atoms with Crippen LogP contribution < -0.4 is 5.32 Å². The van der Waals surface area contributed by atoms with Gasteiger partial charge in [0.05, 0.1) is 49.4 Å². The lowest BCUT2D eigenvalue weighted by Crippen LogP contribution is -2.49. The van der Waals surface area contributed by atoms with Gasteiger partial charge in [0.25, 0.3) is 0 Å². The number of aliphatic hydroxyl groups excluding tert-OH is 1. The first-order valence-electron chi connectivity index (χ1n) is 11.4. The molecule has 7 nitrogen and oxygen atoms in total. The maximum Gasteiger partial charge on any atom is 0.310 e. The van der Waals surface area contributed by atoms with E-state index in [1.807, 2.05) is 13.0 Å². The van der Waals surface area contributed by atoms with Crippen LogP contribution >= 0.6 is 0 Å². The van der Waals surface area contributed by atoms with Crippen LogP contribution in [-0.2, 0) is 30.2 Å². The van der Waals surface area contributed by atoms with Gasteiger partial charge in [-0.1, -0.05) is 18.2 Å². The first-order chi connectivity index (χ1) is 16.4. The fourth-order valence-corrected chi connectivity index (χ4v) is 4.81. The molecule has 34 heavy (non-hydrogen) atoms. The summed E-state index contributed by atoms with van der Waals surface area (Å²) < 4.78 is 31.7. The van der Waals surface area contributed by atoms with Gasteiger partial charge in [-0.3, -0.25) is 9.59 Å². The van der Waals surface area contributed by atoms with Gasteiger partial charge in [0, 0.05) is 11.8 Å². The molecule has 3 atom stereocenters. The summed E-state index contributed by atoms with van der Waals surface area (Å²) in [4.78, 5) is 25.3. The smallest absolute Gasteiger partial charge is 0.310 e. The zero-order valence-corrected chi connectivity index (χ0v) is 19.4. The molecule has 0 bridgehead atoms. The van der Waals surface area contributed by atoms with Crippen LogP contribution in [0.5, 0.6) is 0 Å². The van der Waals surface area contributed by atoms with Gasteiger partial charge in [-0.15, -0.1) is 0 Å². The summed E-state index contributed by atoms with van der Waals surface area (Å²) in [6, 6.07) is 4.21. The van der Waals surface area contributed by atoms with E-state index < -0.39 is 35.0 Å². The Morgan fingerprint density at radius 3 is 2.59 bits per heavy atom. The second kappa shape index (κ2) is 9.46. The molecule has 0 saturated heterocycles. The molecule has 2 N–H and O–H groups in total. The summed E-state index contributed by atoms with van der Waals surface area (Å²) in [5.41, 5.74) is 0.423. The number of nitrogens with one attached hydrogen (secondary N) is 1. The van der Waals surface area contributed by atoms with Crippen LogP contribution in [0.2, 0.25) is 0 Å². The number of ether oxygens (including phenoxy) is 3. The lowest BCUT2D eigenvalue weighted by atomic mass is 9.62. The normalized spacial score (nSPS) is 25.1. The molecule has 180 valence electrons. The average Bonchev–Trinajstić information content (AvgIpc) is 3.18. The fraction of sp³-hybridized carbons (Fsp3) is 0.385. The molecular formula is C26H28FNO6. The Hall–Kier alpha value is -3.39. The zero-order chi connectivity index (χ0) is 24.5. The van der Waals surface area contributed by atoms with Crippen molar-refractivity contribution in [2.75, 3.05) is 19.8 Å². The summed E-state index contributed by atoms with van der Waals surface area (Å²) in [6.45, 7) is 6.17. The lowest BCUT2D eigenvalue weighted by Gasteiger charge is -2.43. The van der Waals surface area contributed by atoms with E-state index in [4.69, 9.17) is 14.2 Å². The van der Waals surface area contributed by atoms with Crippen molar-refractivity contribution >= 4 is 11.8 Å². The predicted molar refractivity (Wildman–Crippen MR) is 122 cm³/mol. The quantitative estimate of drug-likeness (QED) is 0.565. The molecule has 4 rings (SSSR count). The van der Waals surface area contributed by atoms with E-state index in [-0.39, 0.29) is 31.0 Å². The zero-order valence-electron chi connectivity index (χ0n) is 19.4. The minimum absolute atomic E-state index is 0.0305. The molecular weight excluding hydrogens is 441 g/mol. The molecule has 1 spiro atoms. The van der Waals surface area contributed by atoms with Crippen LogP contribution in [-0.4, -0.2) is 42.8 Å². The summed E-state index contributed by atoms with van der Waals surface area (Å²) in [6.07, 6.45) is 5.64. The maximum atomic E-state index is 15.3. The van der Waals surface area contributed by atoms with Crippen molar-refractivity contribution in [1.29, 1.82) is 0 Å². The number of aliphatic hydroxyl groups is 1. The van der Waals surface area contributed by atoms with Crippen molar-refractivity contribution in [3.63, 3.8) is 0 Å². The summed E-state index contributed by atoms with van der Waals surface area (Å²) in [7, 11) is 0. The van der Waals surface area contributed by atoms with Crippen LogP contribution in [0.25, 0.3) is 0 Å². The van der Waals surface area contributed by atoms with E-state index in [1.54, 1.807) is 38.3 Å². The third-order valence-corrected chi connectivity index (χ3v) is 6.23. The van der Waals surface area contributed by atoms with Gasteiger partial charge < -0.3 is 24.6 Å². The summed E-state index contributed by atoms with van der Waals surface area (Å²) >= 11 is 0. The highest BCUT2D eigenvalue weighted by molar-refractivity contribution is 6.02. The number of halogens is 1. The number of hydrogen-bond donors (Lipinski definition) is 2. The van der Waals surface area contributed by atoms with Crippen molar-refractivity contribution in [3.05, 3.63) is 82.4 Å². The van der Waals surface area contributed by atoms with Crippen LogP contribution in [0.1, 0.15) is 37.8 Å². The molecule has 8 heteroatoms. The number of Topliss-reactive ketones (excluding diaryl/α,β-unsaturated/α-hetero) is 1. The highest BCUT2D eigenvalue weighted by Crippen LogP contribution is 2.55. The summed E-state index contributed by atoms with van der Waals surface area (Å²) in [5, 5.41) is 14.8. The molecule has 0 saturated carbocycles. The lowest BCUT2D eigenvalue weighted by molar-refractivity contribution is -0.142. The number of carbonyl (C=O) groups is 2. The van der Waals surface area contributed by atoms with Gasteiger partial charge in [-0.25, -0.2) is 4.39 Å². The van der Waals surface area contributed by atoms with E-state index >= 15 is 4.39 Å². The van der Waals surface area contributed by atoms with Crippen LogP contribution in [0.3, 0.4) is 0 Å². The van der Waals surface area contributed by atoms with Crippen LogP contribution in [0.15, 0.2) is 65.4 Å². The van der Waals surface area contributed by atoms with E-state index in [1.165, 1.54) is 12.1 Å². The van der Waals surface area contributed by atoms with Gasteiger partial charge in [0.1, 0.15) is 11.6 Å². The van der Waals surface area contributed by atoms with Crippen LogP contribution in [0.4, 0.5) is 4.39 Å². The van der Waals surface area contributed by atoms with Gasteiger partial charge in [-0.2, -0.15) is 0 Å². The minimum Gasteiger partial charge on any atom is -0.494 e. The summed E-state index contributed by atoms with van der Waals surface area (Å²) in [5.74, 6) is -2.31. The Labute approximate surface area is 197 Å². The molecule has 0 radical (unpaired) electrons. The van der Waals surface area contributed by atoms with E-state index in [2.05, 4.69) is 5.32 Å². The van der Waals surface area contributed by atoms with Crippen molar-refractivity contribution < 1.29 is 33.3 Å². The van der Waals surface area contributed by atoms with Gasteiger partial charge in [0.2, 0.25) is 5.78 Å². The molecule has 0 fully saturated rings. The first-order valence-corrected chi connectivity index (χ1v) is 11.4. The van der Waals surface area contributed by atoms with Crippen molar-refractivity contribution in [2.24, 2.45) is 5.41 Å². The second-order valence-corrected chi connectivity index (χ2v) is 8.19. The Balaban J connectivity index is 1.80. The van der Waals surface area contributed by atoms with Gasteiger partial charge >= 0.3 is 5.97 Å². The Morgan fingerprint density at radius 2 is 1.91 bits per heavy atom. The maximum absolute atomic E-state index is 15.3. The van der Waals surface area contributed by atoms with Crippen molar-refractivity contribution in [2.45, 2.75) is 39.2 Å². The number of ketones is 1. The van der Waals surface area contributed by atoms with Gasteiger partial charge in [0.15, 0.2) is 5.76 Å². The third kappa shape index (κ3) is 3.81. The molecule has 3 aliphatic rings. The van der Waals surface area contributed by atoms with Crippen molar-refractivity contribution in [1.82, 2.24) is 5.32 Å². The molecule has 2 aliphatic carbocycles. The molecule has 1 heterocycles. The number of carbonyl (C=O) groups excluding carboxylic acids is 2. The number of hydrogen-bond acceptors (Lipinski definition) is 7. The fourth-order valence-electron chi connectivity index (χ4n) is 4.81.